The molecule has 0 spiro atoms. The fourth-order valence-corrected chi connectivity index (χ4v) is 12.2. The van der Waals surface area contributed by atoms with Crippen molar-refractivity contribution in [3.63, 3.8) is 0 Å². The zero-order valence-corrected chi connectivity index (χ0v) is 43.5. The van der Waals surface area contributed by atoms with Crippen molar-refractivity contribution in [1.82, 2.24) is 0 Å². The standard InChI is InChI=1S/C54H53O15P3/c1-9-62-45-30-26-40(60-7)34-51(45)68-71(69-52-35-41(61-8)27-31-46(52)63-10-2)65-48-21-15-17-23-54(48)72(57,42-18-12-11-13-19-42)53-22-16-14-20-47(53)64-70(66-49-32-38(58-5)24-28-43(49)36(3)55)67-50-33-39(59-6)25-29-44(50)37(4)56/h11-35H,9-10H2,1-8H3. The molecule has 0 aliphatic heterocycles. The lowest BCUT2D eigenvalue weighted by molar-refractivity contribution is 0.100. The normalized spacial score (nSPS) is 11.7. The van der Waals surface area contributed by atoms with Crippen LogP contribution in [0.15, 0.2) is 152 Å². The number of carbonyl (C=O) groups excluding carboxylic acids is 2. The highest BCUT2D eigenvalue weighted by molar-refractivity contribution is 7.85. The van der Waals surface area contributed by atoms with Gasteiger partial charge in [-0.15, -0.1) is 0 Å². The third-order valence-electron chi connectivity index (χ3n) is 10.6. The van der Waals surface area contributed by atoms with Crippen LogP contribution in [0, 0.1) is 0 Å². The van der Waals surface area contributed by atoms with Crippen molar-refractivity contribution in [2.24, 2.45) is 0 Å². The van der Waals surface area contributed by atoms with Gasteiger partial charge in [-0.3, -0.25) is 9.59 Å². The average molecular weight is 1030 g/mol. The minimum Gasteiger partial charge on any atom is -0.497 e. The van der Waals surface area contributed by atoms with Crippen LogP contribution >= 0.6 is 24.3 Å². The maximum Gasteiger partial charge on any atom is 0.530 e. The molecular weight excluding hydrogens is 982 g/mol. The van der Waals surface area contributed by atoms with Crippen LogP contribution in [0.1, 0.15) is 48.4 Å². The molecule has 0 heterocycles. The van der Waals surface area contributed by atoms with Crippen LogP contribution in [0.2, 0.25) is 0 Å². The summed E-state index contributed by atoms with van der Waals surface area (Å²) in [6.07, 6.45) is 0. The monoisotopic (exact) mass is 1030 g/mol. The Morgan fingerprint density at radius 2 is 0.736 bits per heavy atom. The van der Waals surface area contributed by atoms with Gasteiger partial charge in [-0.05, 0) is 100 Å². The summed E-state index contributed by atoms with van der Waals surface area (Å²) in [4.78, 5) is 26.0. The molecule has 0 aromatic heterocycles. The first-order valence-electron chi connectivity index (χ1n) is 22.4. The summed E-state index contributed by atoms with van der Waals surface area (Å²) in [7, 11) is -3.28. The van der Waals surface area contributed by atoms with Crippen molar-refractivity contribution in [2.75, 3.05) is 41.7 Å². The molecule has 374 valence electrons. The van der Waals surface area contributed by atoms with Crippen LogP contribution in [-0.2, 0) is 4.57 Å². The molecule has 18 heteroatoms. The van der Waals surface area contributed by atoms with Crippen LogP contribution in [0.25, 0.3) is 0 Å². The molecule has 7 aromatic carbocycles. The fraction of sp³-hybridized carbons (Fsp3) is 0.185. The van der Waals surface area contributed by atoms with E-state index in [0.717, 1.165) is 0 Å². The Balaban J connectivity index is 1.39. The van der Waals surface area contributed by atoms with E-state index in [1.165, 1.54) is 54.4 Å². The Hall–Kier alpha value is -7.43. The highest BCUT2D eigenvalue weighted by Crippen LogP contribution is 2.54. The van der Waals surface area contributed by atoms with Crippen LogP contribution < -0.4 is 71.5 Å². The number of benzene rings is 7. The predicted octanol–water partition coefficient (Wildman–Crippen LogP) is 12.1. The van der Waals surface area contributed by atoms with Crippen molar-refractivity contribution in [3.05, 3.63) is 163 Å². The van der Waals surface area contributed by atoms with Gasteiger partial charge in [0.05, 0.1) is 63.4 Å². The Kier molecular flexibility index (Phi) is 17.9. The number of hydrogen-bond donors (Lipinski definition) is 0. The lowest BCUT2D eigenvalue weighted by Gasteiger charge is -2.27. The van der Waals surface area contributed by atoms with Crippen LogP contribution in [-0.4, -0.2) is 53.2 Å². The zero-order valence-electron chi connectivity index (χ0n) is 40.8. The highest BCUT2D eigenvalue weighted by atomic mass is 31.2. The van der Waals surface area contributed by atoms with Gasteiger partial charge in [0.15, 0.2) is 41.7 Å². The van der Waals surface area contributed by atoms with Gasteiger partial charge >= 0.3 is 17.2 Å². The van der Waals surface area contributed by atoms with Gasteiger partial charge in [0.25, 0.3) is 0 Å². The number of rotatable bonds is 25. The third-order valence-corrected chi connectivity index (χ3v) is 15.8. The van der Waals surface area contributed by atoms with Crippen molar-refractivity contribution >= 4 is 51.8 Å². The summed E-state index contributed by atoms with van der Waals surface area (Å²) in [6, 6.07) is 42.1. The van der Waals surface area contributed by atoms with Gasteiger partial charge in [-0.2, -0.15) is 0 Å². The number of Topliss-reactive ketones (excluding diaryl/α,β-unsaturated/α-hetero) is 2. The molecule has 0 saturated heterocycles. The molecule has 0 fully saturated rings. The first-order valence-corrected chi connectivity index (χ1v) is 26.3. The summed E-state index contributed by atoms with van der Waals surface area (Å²) in [5, 5.41) is 0.860. The van der Waals surface area contributed by atoms with E-state index in [4.69, 9.17) is 55.6 Å². The third kappa shape index (κ3) is 12.4. The SMILES string of the molecule is CCOc1ccc(OC)cc1OP(Oc1cc(OC)ccc1OCC)Oc1ccccc1P(=O)(c1ccccc1)c1ccccc1OP(Oc1cc(OC)ccc1C(C)=O)Oc1cc(OC)ccc1C(C)=O. The molecule has 0 amide bonds. The van der Waals surface area contributed by atoms with Crippen molar-refractivity contribution in [3.8, 4) is 69.0 Å². The Labute approximate surface area is 421 Å². The second kappa shape index (κ2) is 24.6. The highest BCUT2D eigenvalue weighted by Gasteiger charge is 2.39. The molecule has 7 aromatic rings. The molecule has 72 heavy (non-hydrogen) atoms. The van der Waals surface area contributed by atoms with E-state index in [1.807, 2.05) is 19.9 Å². The molecule has 1 unspecified atom stereocenters. The lowest BCUT2D eigenvalue weighted by Crippen LogP contribution is -2.27. The summed E-state index contributed by atoms with van der Waals surface area (Å²) in [6.45, 7) is 7.13. The van der Waals surface area contributed by atoms with E-state index in [0.29, 0.717) is 53.0 Å². The van der Waals surface area contributed by atoms with E-state index in [2.05, 4.69) is 0 Å². The Bertz CT molecular complexity index is 2910. The van der Waals surface area contributed by atoms with Crippen molar-refractivity contribution in [1.29, 1.82) is 0 Å². The number of ketones is 2. The Morgan fingerprint density at radius 1 is 0.403 bits per heavy atom. The number of hydrogen-bond acceptors (Lipinski definition) is 15. The van der Waals surface area contributed by atoms with Crippen molar-refractivity contribution in [2.45, 2.75) is 27.7 Å². The maximum atomic E-state index is 16.9. The lowest BCUT2D eigenvalue weighted by atomic mass is 10.1. The summed E-state index contributed by atoms with van der Waals surface area (Å²) in [5.74, 6) is 2.71. The predicted molar refractivity (Wildman–Crippen MR) is 278 cm³/mol. The van der Waals surface area contributed by atoms with Gasteiger partial charge in [-0.25, -0.2) is 0 Å². The zero-order chi connectivity index (χ0) is 51.2. The topological polar surface area (TPSA) is 162 Å². The smallest absolute Gasteiger partial charge is 0.497 e. The minimum atomic E-state index is -4.12. The summed E-state index contributed by atoms with van der Waals surface area (Å²) in [5.41, 5.74) is 0.403. The first-order chi connectivity index (χ1) is 34.9. The number of ether oxygens (including phenoxy) is 6. The first kappa shape index (κ1) is 52.4. The number of para-hydroxylation sites is 2. The molecule has 0 aliphatic carbocycles. The van der Waals surface area contributed by atoms with Gasteiger partial charge in [0.1, 0.15) is 46.0 Å². The van der Waals surface area contributed by atoms with Crippen molar-refractivity contribution < 1.29 is 69.7 Å². The summed E-state index contributed by atoms with van der Waals surface area (Å²) < 4.78 is 90.7. The van der Waals surface area contributed by atoms with Gasteiger partial charge in [0, 0.05) is 29.6 Å². The number of methoxy groups -OCH3 is 4. The summed E-state index contributed by atoms with van der Waals surface area (Å²) >= 11 is 0. The molecule has 7 rings (SSSR count). The van der Waals surface area contributed by atoms with Gasteiger partial charge in [-0.1, -0.05) is 54.6 Å². The molecule has 0 bridgehead atoms. The van der Waals surface area contributed by atoms with Gasteiger partial charge < -0.3 is 60.1 Å². The van der Waals surface area contributed by atoms with Crippen LogP contribution in [0.5, 0.6) is 69.0 Å². The van der Waals surface area contributed by atoms with E-state index in [-0.39, 0.29) is 67.8 Å². The number of carbonyl (C=O) groups is 2. The average Bonchev–Trinajstić information content (AvgIpc) is 3.39. The minimum absolute atomic E-state index is 0.0723. The van der Waals surface area contributed by atoms with E-state index >= 15 is 4.57 Å². The molecule has 0 N–H and O–H groups in total. The Morgan fingerprint density at radius 3 is 1.11 bits per heavy atom. The quantitative estimate of drug-likeness (QED) is 0.0392. The molecule has 1 atom stereocenters. The van der Waals surface area contributed by atoms with Crippen LogP contribution in [0.3, 0.4) is 0 Å². The molecule has 0 saturated carbocycles. The van der Waals surface area contributed by atoms with E-state index < -0.39 is 24.3 Å². The molecule has 0 radical (unpaired) electrons. The fourth-order valence-electron chi connectivity index (χ4n) is 7.14. The van der Waals surface area contributed by atoms with Gasteiger partial charge in [0.2, 0.25) is 0 Å². The second-order valence-electron chi connectivity index (χ2n) is 15.2. The largest absolute Gasteiger partial charge is 0.530 e. The maximum absolute atomic E-state index is 16.9. The van der Waals surface area contributed by atoms with E-state index in [1.54, 1.807) is 133 Å². The second-order valence-corrected chi connectivity index (χ2v) is 19.9. The molecular formula is C54H53O15P3. The van der Waals surface area contributed by atoms with Crippen LogP contribution in [0.4, 0.5) is 0 Å². The van der Waals surface area contributed by atoms with E-state index in [9.17, 15) is 9.59 Å². The molecule has 0 aliphatic rings. The molecule has 15 nitrogen and oxygen atoms in total.